The largest absolute Gasteiger partial charge is 0.334 e. The zero-order valence-corrected chi connectivity index (χ0v) is 13.8. The SMILES string of the molecule is O=C(Nc1nonc1-c1noc(C(Cl)(Cl)Cl)n1)C(Cl)(Cl)Cl. The summed E-state index contributed by atoms with van der Waals surface area (Å²) >= 11 is 32.9. The van der Waals surface area contributed by atoms with Gasteiger partial charge in [-0.1, -0.05) is 74.8 Å². The summed E-state index contributed by atoms with van der Waals surface area (Å²) in [6.07, 6.45) is 0. The van der Waals surface area contributed by atoms with Crippen molar-refractivity contribution in [2.24, 2.45) is 0 Å². The van der Waals surface area contributed by atoms with E-state index in [4.69, 9.17) is 74.1 Å². The first-order chi connectivity index (χ1) is 9.59. The Bertz CT molecular complexity index is 658. The molecule has 8 nitrogen and oxygen atoms in total. The Balaban J connectivity index is 2.29. The number of hydrogen-bond donors (Lipinski definition) is 1. The van der Waals surface area contributed by atoms with E-state index in [1.165, 1.54) is 0 Å². The van der Waals surface area contributed by atoms with Gasteiger partial charge < -0.3 is 9.84 Å². The molecule has 0 aliphatic heterocycles. The fourth-order valence-corrected chi connectivity index (χ4v) is 1.40. The lowest BCUT2D eigenvalue weighted by molar-refractivity contribution is -0.115. The van der Waals surface area contributed by atoms with E-state index in [2.05, 4.69) is 30.4 Å². The summed E-state index contributed by atoms with van der Waals surface area (Å²) in [5.41, 5.74) is -0.109. The minimum Gasteiger partial charge on any atom is -0.334 e. The Morgan fingerprint density at radius 3 is 2.24 bits per heavy atom. The smallest absolute Gasteiger partial charge is 0.279 e. The van der Waals surface area contributed by atoms with Gasteiger partial charge in [0.1, 0.15) is 0 Å². The molecule has 0 saturated heterocycles. The molecular weight excluding hydrogens is 415 g/mol. The van der Waals surface area contributed by atoms with Crippen molar-refractivity contribution in [3.05, 3.63) is 5.89 Å². The molecule has 21 heavy (non-hydrogen) atoms. The van der Waals surface area contributed by atoms with Gasteiger partial charge in [0.15, 0.2) is 5.69 Å². The van der Waals surface area contributed by atoms with E-state index < -0.39 is 13.5 Å². The molecular formula is C7HCl6N5O3. The van der Waals surface area contributed by atoms with Gasteiger partial charge in [-0.25, -0.2) is 4.63 Å². The van der Waals surface area contributed by atoms with E-state index in [1.807, 2.05) is 0 Å². The molecule has 0 aliphatic carbocycles. The van der Waals surface area contributed by atoms with Gasteiger partial charge in [-0.3, -0.25) is 4.79 Å². The number of carbonyl (C=O) groups excluding carboxylic acids is 1. The van der Waals surface area contributed by atoms with Gasteiger partial charge in [0.05, 0.1) is 0 Å². The van der Waals surface area contributed by atoms with Crippen molar-refractivity contribution in [2.45, 2.75) is 7.59 Å². The molecule has 0 unspecified atom stereocenters. The van der Waals surface area contributed by atoms with Gasteiger partial charge in [-0.05, 0) is 10.3 Å². The average Bonchev–Trinajstić information content (AvgIpc) is 2.93. The van der Waals surface area contributed by atoms with Crippen molar-refractivity contribution >= 4 is 81.3 Å². The number of hydrogen-bond acceptors (Lipinski definition) is 7. The normalized spacial score (nSPS) is 12.5. The van der Waals surface area contributed by atoms with Crippen LogP contribution < -0.4 is 5.32 Å². The maximum absolute atomic E-state index is 11.5. The predicted octanol–water partition coefficient (Wildman–Crippen LogP) is 3.25. The third-order valence-corrected chi connectivity index (χ3v) is 2.86. The van der Waals surface area contributed by atoms with Crippen LogP contribution in [0.25, 0.3) is 11.5 Å². The minimum atomic E-state index is -2.21. The minimum absolute atomic E-state index is 0.109. The number of nitrogens with zero attached hydrogens (tertiary/aromatic N) is 4. The molecule has 0 atom stereocenters. The molecule has 0 bridgehead atoms. The van der Waals surface area contributed by atoms with Crippen LogP contribution in [0.3, 0.4) is 0 Å². The van der Waals surface area contributed by atoms with E-state index in [0.717, 1.165) is 0 Å². The number of nitrogens with one attached hydrogen (secondary N) is 1. The van der Waals surface area contributed by atoms with Crippen LogP contribution in [0.5, 0.6) is 0 Å². The molecule has 1 amide bonds. The second-order valence-corrected chi connectivity index (χ2v) is 7.90. The van der Waals surface area contributed by atoms with Crippen molar-refractivity contribution in [1.82, 2.24) is 20.5 Å². The maximum Gasteiger partial charge on any atom is 0.279 e. The Hall–Kier alpha value is -0.510. The number of aromatic nitrogens is 4. The monoisotopic (exact) mass is 413 g/mol. The summed E-state index contributed by atoms with van der Waals surface area (Å²) in [5, 5.41) is 12.5. The molecule has 0 spiro atoms. The van der Waals surface area contributed by atoms with E-state index in [-0.39, 0.29) is 23.2 Å². The fraction of sp³-hybridized carbons (Fsp3) is 0.286. The van der Waals surface area contributed by atoms with Gasteiger partial charge in [0, 0.05) is 0 Å². The summed E-state index contributed by atoms with van der Waals surface area (Å²) in [6, 6.07) is 0. The molecule has 2 heterocycles. The van der Waals surface area contributed by atoms with Crippen LogP contribution in [-0.2, 0) is 8.59 Å². The zero-order valence-electron chi connectivity index (χ0n) is 9.28. The highest BCUT2D eigenvalue weighted by molar-refractivity contribution is 6.76. The van der Waals surface area contributed by atoms with Crippen molar-refractivity contribution < 1.29 is 13.9 Å². The first-order valence-corrected chi connectivity index (χ1v) is 6.98. The predicted molar refractivity (Wildman–Crippen MR) is 75.7 cm³/mol. The van der Waals surface area contributed by atoms with Crippen molar-refractivity contribution in [1.29, 1.82) is 0 Å². The summed E-state index contributed by atoms with van der Waals surface area (Å²) < 4.78 is 5.03. The van der Waals surface area contributed by atoms with Crippen LogP contribution in [0.2, 0.25) is 0 Å². The van der Waals surface area contributed by atoms with E-state index in [0.29, 0.717) is 0 Å². The van der Waals surface area contributed by atoms with Crippen LogP contribution in [0, 0.1) is 0 Å². The quantitative estimate of drug-likeness (QED) is 0.750. The summed E-state index contributed by atoms with van der Waals surface area (Å²) in [7, 11) is 0. The third kappa shape index (κ3) is 4.02. The van der Waals surface area contributed by atoms with Crippen molar-refractivity contribution in [3.8, 4) is 11.5 Å². The molecule has 0 radical (unpaired) electrons. The first kappa shape index (κ1) is 16.9. The molecule has 114 valence electrons. The Morgan fingerprint density at radius 2 is 1.71 bits per heavy atom. The van der Waals surface area contributed by atoms with Crippen molar-refractivity contribution in [3.63, 3.8) is 0 Å². The number of halogens is 6. The number of carbonyl (C=O) groups is 1. The highest BCUT2D eigenvalue weighted by Gasteiger charge is 2.34. The number of alkyl halides is 6. The highest BCUT2D eigenvalue weighted by Crippen LogP contribution is 2.38. The molecule has 0 aromatic carbocycles. The topological polar surface area (TPSA) is 107 Å². The second-order valence-electron chi connectivity index (χ2n) is 3.33. The van der Waals surface area contributed by atoms with Gasteiger partial charge in [-0.15, -0.1) is 0 Å². The Morgan fingerprint density at radius 1 is 1.05 bits per heavy atom. The van der Waals surface area contributed by atoms with Crippen LogP contribution in [0.4, 0.5) is 5.82 Å². The molecule has 1 N–H and O–H groups in total. The van der Waals surface area contributed by atoms with Crippen molar-refractivity contribution in [2.75, 3.05) is 5.32 Å². The second kappa shape index (κ2) is 5.94. The van der Waals surface area contributed by atoms with Gasteiger partial charge in [-0.2, -0.15) is 4.98 Å². The maximum atomic E-state index is 11.5. The molecule has 2 aromatic heterocycles. The van der Waals surface area contributed by atoms with Crippen LogP contribution in [0.15, 0.2) is 9.15 Å². The average molecular weight is 416 g/mol. The first-order valence-electron chi connectivity index (χ1n) is 4.71. The van der Waals surface area contributed by atoms with Crippen LogP contribution in [0.1, 0.15) is 5.89 Å². The molecule has 2 aromatic rings. The lowest BCUT2D eigenvalue weighted by Gasteiger charge is -2.08. The summed E-state index contributed by atoms with van der Waals surface area (Å²) in [5.74, 6) is -1.67. The van der Waals surface area contributed by atoms with Gasteiger partial charge in [0.25, 0.3) is 19.4 Å². The van der Waals surface area contributed by atoms with Crippen LogP contribution >= 0.6 is 69.6 Å². The fourth-order valence-electron chi connectivity index (χ4n) is 1.03. The third-order valence-electron chi connectivity index (χ3n) is 1.86. The van der Waals surface area contributed by atoms with E-state index in [9.17, 15) is 4.79 Å². The van der Waals surface area contributed by atoms with Gasteiger partial charge in [0.2, 0.25) is 11.6 Å². The van der Waals surface area contributed by atoms with Gasteiger partial charge >= 0.3 is 0 Å². The summed E-state index contributed by atoms with van der Waals surface area (Å²) in [4.78, 5) is 15.3. The Labute approximate surface area is 145 Å². The summed E-state index contributed by atoms with van der Waals surface area (Å²) in [6.45, 7) is 0. The van der Waals surface area contributed by atoms with E-state index in [1.54, 1.807) is 0 Å². The lowest BCUT2D eigenvalue weighted by Crippen LogP contribution is -2.27. The van der Waals surface area contributed by atoms with Crippen LogP contribution in [-0.4, -0.2) is 30.2 Å². The molecule has 14 heteroatoms. The van der Waals surface area contributed by atoms with E-state index >= 15 is 0 Å². The molecule has 2 rings (SSSR count). The molecule has 0 aliphatic rings. The zero-order chi connectivity index (χ0) is 15.8. The molecule has 0 saturated carbocycles. The number of rotatable bonds is 2. The Kier molecular flexibility index (Phi) is 4.77. The standard InChI is InChI=1S/C7HCl6N5O3/c8-6(9,10)4(19)14-2-1(16-21-18-2)3-15-5(20-17-3)7(11,12)13/h(H,14,18,19). The number of anilines is 1. The molecule has 0 fully saturated rings. The highest BCUT2D eigenvalue weighted by atomic mass is 35.6. The lowest BCUT2D eigenvalue weighted by atomic mass is 10.4. The number of amides is 1.